The average molecular weight is 248 g/mol. The summed E-state index contributed by atoms with van der Waals surface area (Å²) in [6, 6.07) is 5.89. The van der Waals surface area contributed by atoms with Gasteiger partial charge in [0, 0.05) is 19.3 Å². The zero-order valence-corrected chi connectivity index (χ0v) is 11.6. The highest BCUT2D eigenvalue weighted by molar-refractivity contribution is 5.79. The molecule has 0 spiro atoms. The van der Waals surface area contributed by atoms with Gasteiger partial charge in [0.25, 0.3) is 0 Å². The van der Waals surface area contributed by atoms with E-state index in [-0.39, 0.29) is 0 Å². The van der Waals surface area contributed by atoms with Crippen molar-refractivity contribution in [1.82, 2.24) is 15.6 Å². The predicted octanol–water partition coefficient (Wildman–Crippen LogP) is 2.18. The van der Waals surface area contributed by atoms with Gasteiger partial charge >= 0.3 is 0 Å². The zero-order chi connectivity index (χ0) is 13.2. The van der Waals surface area contributed by atoms with Gasteiger partial charge in [0.05, 0.1) is 12.2 Å². The Morgan fingerprint density at radius 3 is 2.78 bits per heavy atom. The van der Waals surface area contributed by atoms with Crippen molar-refractivity contribution >= 4 is 5.96 Å². The lowest BCUT2D eigenvalue weighted by Crippen LogP contribution is -2.38. The Morgan fingerprint density at radius 1 is 1.33 bits per heavy atom. The van der Waals surface area contributed by atoms with Crippen molar-refractivity contribution in [3.63, 3.8) is 0 Å². The number of hydrogen-bond donors (Lipinski definition) is 2. The second-order valence-electron chi connectivity index (χ2n) is 4.63. The van der Waals surface area contributed by atoms with Crippen LogP contribution in [0.3, 0.4) is 0 Å². The standard InChI is InChI=1S/C14H24N4/c1-4-15-14(17-10-8-12(2)3)18-11-13-7-5-6-9-16-13/h5-7,9,12H,4,8,10-11H2,1-3H3,(H2,15,17,18). The maximum Gasteiger partial charge on any atom is 0.191 e. The Balaban J connectivity index is 2.44. The van der Waals surface area contributed by atoms with E-state index in [1.807, 2.05) is 18.2 Å². The molecule has 0 aliphatic carbocycles. The molecule has 4 heteroatoms. The summed E-state index contributed by atoms with van der Waals surface area (Å²) in [5.41, 5.74) is 0.985. The molecular weight excluding hydrogens is 224 g/mol. The number of hydrogen-bond acceptors (Lipinski definition) is 2. The lowest BCUT2D eigenvalue weighted by atomic mass is 10.1. The molecule has 100 valence electrons. The van der Waals surface area contributed by atoms with E-state index >= 15 is 0 Å². The zero-order valence-electron chi connectivity index (χ0n) is 11.6. The highest BCUT2D eigenvalue weighted by Crippen LogP contribution is 1.97. The summed E-state index contributed by atoms with van der Waals surface area (Å²) in [6.07, 6.45) is 2.94. The lowest BCUT2D eigenvalue weighted by molar-refractivity contribution is 0.573. The van der Waals surface area contributed by atoms with Crippen LogP contribution in [0.15, 0.2) is 29.4 Å². The molecular formula is C14H24N4. The van der Waals surface area contributed by atoms with Gasteiger partial charge in [0.1, 0.15) is 0 Å². The van der Waals surface area contributed by atoms with Crippen LogP contribution in [0, 0.1) is 5.92 Å². The minimum absolute atomic E-state index is 0.609. The first-order valence-corrected chi connectivity index (χ1v) is 6.64. The Morgan fingerprint density at radius 2 is 2.17 bits per heavy atom. The predicted molar refractivity (Wildman–Crippen MR) is 76.5 cm³/mol. The van der Waals surface area contributed by atoms with Gasteiger partial charge in [-0.2, -0.15) is 0 Å². The first kappa shape index (κ1) is 14.5. The van der Waals surface area contributed by atoms with Crippen molar-refractivity contribution in [2.24, 2.45) is 10.9 Å². The summed E-state index contributed by atoms with van der Waals surface area (Å²) in [5.74, 6) is 1.57. The Kier molecular flexibility index (Phi) is 6.84. The second kappa shape index (κ2) is 8.50. The van der Waals surface area contributed by atoms with Crippen LogP contribution < -0.4 is 10.6 Å². The summed E-state index contributed by atoms with van der Waals surface area (Å²) >= 11 is 0. The van der Waals surface area contributed by atoms with E-state index in [4.69, 9.17) is 0 Å². The number of guanidine groups is 1. The number of rotatable bonds is 6. The molecule has 0 fully saturated rings. The van der Waals surface area contributed by atoms with Crippen LogP contribution in [-0.4, -0.2) is 24.0 Å². The number of aromatic nitrogens is 1. The van der Waals surface area contributed by atoms with Crippen LogP contribution in [0.4, 0.5) is 0 Å². The molecule has 1 heterocycles. The van der Waals surface area contributed by atoms with Crippen molar-refractivity contribution < 1.29 is 0 Å². The monoisotopic (exact) mass is 248 g/mol. The van der Waals surface area contributed by atoms with Gasteiger partial charge in [-0.05, 0) is 31.4 Å². The summed E-state index contributed by atoms with van der Waals surface area (Å²) in [6.45, 7) is 8.94. The second-order valence-corrected chi connectivity index (χ2v) is 4.63. The smallest absolute Gasteiger partial charge is 0.191 e. The summed E-state index contributed by atoms with van der Waals surface area (Å²) in [7, 11) is 0. The maximum absolute atomic E-state index is 4.51. The van der Waals surface area contributed by atoms with E-state index in [1.54, 1.807) is 6.20 Å². The molecule has 0 aliphatic rings. The lowest BCUT2D eigenvalue weighted by Gasteiger charge is -2.12. The first-order valence-electron chi connectivity index (χ1n) is 6.64. The molecule has 1 aromatic heterocycles. The third kappa shape index (κ3) is 6.23. The molecule has 0 unspecified atom stereocenters. The molecule has 0 amide bonds. The molecule has 0 bridgehead atoms. The Hall–Kier alpha value is -1.58. The van der Waals surface area contributed by atoms with Crippen LogP contribution in [0.25, 0.3) is 0 Å². The number of pyridine rings is 1. The van der Waals surface area contributed by atoms with Gasteiger partial charge in [-0.25, -0.2) is 4.99 Å². The topological polar surface area (TPSA) is 49.3 Å². The largest absolute Gasteiger partial charge is 0.357 e. The van der Waals surface area contributed by atoms with Gasteiger partial charge in [0.15, 0.2) is 5.96 Å². The first-order chi connectivity index (χ1) is 8.72. The van der Waals surface area contributed by atoms with Gasteiger partial charge in [-0.1, -0.05) is 19.9 Å². The van der Waals surface area contributed by atoms with Crippen molar-refractivity contribution in [3.8, 4) is 0 Å². The van der Waals surface area contributed by atoms with E-state index < -0.39 is 0 Å². The molecule has 0 radical (unpaired) electrons. The van der Waals surface area contributed by atoms with Crippen molar-refractivity contribution in [3.05, 3.63) is 30.1 Å². The van der Waals surface area contributed by atoms with Crippen LogP contribution in [-0.2, 0) is 6.54 Å². The molecule has 4 nitrogen and oxygen atoms in total. The minimum Gasteiger partial charge on any atom is -0.357 e. The summed E-state index contributed by atoms with van der Waals surface area (Å²) in [4.78, 5) is 8.77. The fourth-order valence-corrected chi connectivity index (χ4v) is 1.47. The fourth-order valence-electron chi connectivity index (χ4n) is 1.47. The van der Waals surface area contributed by atoms with Crippen LogP contribution >= 0.6 is 0 Å². The molecule has 0 saturated heterocycles. The summed E-state index contributed by atoms with van der Waals surface area (Å²) in [5, 5.41) is 6.57. The summed E-state index contributed by atoms with van der Waals surface area (Å²) < 4.78 is 0. The SMILES string of the molecule is CCNC(=NCc1ccccn1)NCCC(C)C. The maximum atomic E-state index is 4.51. The van der Waals surface area contributed by atoms with Gasteiger partial charge in [-0.15, -0.1) is 0 Å². The average Bonchev–Trinajstić information content (AvgIpc) is 2.37. The van der Waals surface area contributed by atoms with Gasteiger partial charge in [0.2, 0.25) is 0 Å². The fraction of sp³-hybridized carbons (Fsp3) is 0.571. The highest BCUT2D eigenvalue weighted by Gasteiger charge is 1.98. The Labute approximate surface area is 110 Å². The van der Waals surface area contributed by atoms with E-state index in [1.165, 1.54) is 0 Å². The number of nitrogens with one attached hydrogen (secondary N) is 2. The van der Waals surface area contributed by atoms with Gasteiger partial charge in [-0.3, -0.25) is 4.98 Å². The molecule has 0 saturated carbocycles. The van der Waals surface area contributed by atoms with Crippen LogP contribution in [0.2, 0.25) is 0 Å². The van der Waals surface area contributed by atoms with Crippen LogP contribution in [0.1, 0.15) is 32.9 Å². The van der Waals surface area contributed by atoms with E-state index in [0.29, 0.717) is 12.5 Å². The molecule has 18 heavy (non-hydrogen) atoms. The van der Waals surface area contributed by atoms with Crippen LogP contribution in [0.5, 0.6) is 0 Å². The van der Waals surface area contributed by atoms with Crippen molar-refractivity contribution in [1.29, 1.82) is 0 Å². The van der Waals surface area contributed by atoms with E-state index in [2.05, 4.69) is 41.4 Å². The third-order valence-electron chi connectivity index (χ3n) is 2.48. The number of aliphatic imine (C=N–C) groups is 1. The molecule has 0 atom stereocenters. The third-order valence-corrected chi connectivity index (χ3v) is 2.48. The molecule has 1 rings (SSSR count). The molecule has 0 aromatic carbocycles. The van der Waals surface area contributed by atoms with E-state index in [0.717, 1.165) is 31.2 Å². The van der Waals surface area contributed by atoms with Crippen molar-refractivity contribution in [2.75, 3.05) is 13.1 Å². The van der Waals surface area contributed by atoms with Crippen molar-refractivity contribution in [2.45, 2.75) is 33.7 Å². The molecule has 1 aromatic rings. The Bertz CT molecular complexity index is 346. The van der Waals surface area contributed by atoms with E-state index in [9.17, 15) is 0 Å². The quantitative estimate of drug-likeness (QED) is 0.599. The normalized spacial score (nSPS) is 11.7. The molecule has 2 N–H and O–H groups in total. The molecule has 0 aliphatic heterocycles. The number of nitrogens with zero attached hydrogens (tertiary/aromatic N) is 2. The minimum atomic E-state index is 0.609. The highest BCUT2D eigenvalue weighted by atomic mass is 15.2. The van der Waals surface area contributed by atoms with Gasteiger partial charge < -0.3 is 10.6 Å².